The summed E-state index contributed by atoms with van der Waals surface area (Å²) in [6.07, 6.45) is 4.52. The predicted molar refractivity (Wildman–Crippen MR) is 91.5 cm³/mol. The summed E-state index contributed by atoms with van der Waals surface area (Å²) in [5.74, 6) is 1.53. The number of fused-ring (bicyclic) bond motifs is 1. The smallest absolute Gasteiger partial charge is 0.236 e. The normalized spacial score (nSPS) is 19.6. The van der Waals surface area contributed by atoms with E-state index in [1.54, 1.807) is 6.92 Å². The third-order valence-electron chi connectivity index (χ3n) is 4.73. The van der Waals surface area contributed by atoms with Crippen molar-refractivity contribution in [3.05, 3.63) is 23.8 Å². The van der Waals surface area contributed by atoms with E-state index in [4.69, 9.17) is 15.2 Å². The monoisotopic (exact) mass is 340 g/mol. The van der Waals surface area contributed by atoms with E-state index < -0.39 is 6.04 Å². The van der Waals surface area contributed by atoms with Gasteiger partial charge in [0, 0.05) is 12.0 Å². The third-order valence-corrected chi connectivity index (χ3v) is 4.73. The number of benzene rings is 1. The Kier molecular flexibility index (Phi) is 5.76. The Hall–Kier alpha value is -1.46. The van der Waals surface area contributed by atoms with E-state index >= 15 is 0 Å². The molecule has 1 aromatic rings. The largest absolute Gasteiger partial charge is 0.486 e. The molecule has 5 nitrogen and oxygen atoms in total. The standard InChI is InChI=1S/C17H24N2O3.ClH/c1-12(18)16(20)19-11-17(6-2-3-7-17)13-4-5-14-15(10-13)22-9-8-21-14;/h4-5,10,12H,2-3,6-9,11,18H2,1H3,(H,19,20);1H/t12-;/m1./s1. The van der Waals surface area contributed by atoms with Crippen LogP contribution in [0.1, 0.15) is 38.2 Å². The van der Waals surface area contributed by atoms with Gasteiger partial charge in [0.25, 0.3) is 0 Å². The highest BCUT2D eigenvalue weighted by atomic mass is 35.5. The molecule has 1 saturated carbocycles. The van der Waals surface area contributed by atoms with Crippen LogP contribution in [0.5, 0.6) is 11.5 Å². The molecule has 1 aliphatic carbocycles. The first-order chi connectivity index (χ1) is 10.6. The zero-order chi connectivity index (χ0) is 15.6. The SMILES string of the molecule is C[C@@H](N)C(=O)NCC1(c2ccc3c(c2)OCCO3)CCCC1.Cl. The van der Waals surface area contributed by atoms with Gasteiger partial charge in [0.1, 0.15) is 13.2 Å². The lowest BCUT2D eigenvalue weighted by molar-refractivity contribution is -0.122. The lowest BCUT2D eigenvalue weighted by Crippen LogP contribution is -2.45. The summed E-state index contributed by atoms with van der Waals surface area (Å²) in [6.45, 7) is 3.53. The molecule has 3 rings (SSSR count). The van der Waals surface area contributed by atoms with Crippen molar-refractivity contribution in [3.63, 3.8) is 0 Å². The number of hydrogen-bond donors (Lipinski definition) is 2. The number of rotatable bonds is 4. The van der Waals surface area contributed by atoms with E-state index in [1.807, 2.05) is 6.07 Å². The van der Waals surface area contributed by atoms with E-state index in [-0.39, 0.29) is 23.7 Å². The van der Waals surface area contributed by atoms with Crippen molar-refractivity contribution in [2.24, 2.45) is 5.73 Å². The molecule has 0 saturated heterocycles. The Morgan fingerprint density at radius 1 is 1.26 bits per heavy atom. The average molecular weight is 341 g/mol. The molecule has 0 bridgehead atoms. The van der Waals surface area contributed by atoms with Crippen LogP contribution in [-0.2, 0) is 10.2 Å². The number of amides is 1. The van der Waals surface area contributed by atoms with Crippen LogP contribution in [0, 0.1) is 0 Å². The van der Waals surface area contributed by atoms with Crippen LogP contribution < -0.4 is 20.5 Å². The maximum absolute atomic E-state index is 11.8. The van der Waals surface area contributed by atoms with Crippen molar-refractivity contribution < 1.29 is 14.3 Å². The fourth-order valence-corrected chi connectivity index (χ4v) is 3.41. The van der Waals surface area contributed by atoms with Gasteiger partial charge in [0.05, 0.1) is 6.04 Å². The molecule has 1 heterocycles. The number of carbonyl (C=O) groups excluding carboxylic acids is 1. The van der Waals surface area contributed by atoms with Gasteiger partial charge in [0.2, 0.25) is 5.91 Å². The first kappa shape index (κ1) is 17.9. The highest BCUT2D eigenvalue weighted by molar-refractivity contribution is 5.85. The Morgan fingerprint density at radius 3 is 2.57 bits per heavy atom. The number of hydrogen-bond acceptors (Lipinski definition) is 4. The fraction of sp³-hybridized carbons (Fsp3) is 0.588. The molecule has 1 aromatic carbocycles. The van der Waals surface area contributed by atoms with Crippen molar-refractivity contribution in [1.29, 1.82) is 0 Å². The molecule has 2 aliphatic rings. The van der Waals surface area contributed by atoms with Gasteiger partial charge in [0.15, 0.2) is 11.5 Å². The minimum atomic E-state index is -0.473. The molecule has 128 valence electrons. The number of nitrogens with one attached hydrogen (secondary N) is 1. The Bertz CT molecular complexity index is 557. The van der Waals surface area contributed by atoms with E-state index in [9.17, 15) is 4.79 Å². The van der Waals surface area contributed by atoms with Crippen molar-refractivity contribution in [3.8, 4) is 11.5 Å². The molecule has 0 aromatic heterocycles. The number of ether oxygens (including phenoxy) is 2. The number of halogens is 1. The zero-order valence-electron chi connectivity index (χ0n) is 13.5. The van der Waals surface area contributed by atoms with Gasteiger partial charge in [-0.1, -0.05) is 18.9 Å². The second-order valence-corrected chi connectivity index (χ2v) is 6.35. The molecule has 0 radical (unpaired) electrons. The summed E-state index contributed by atoms with van der Waals surface area (Å²) < 4.78 is 11.3. The average Bonchev–Trinajstić information content (AvgIpc) is 3.02. The summed E-state index contributed by atoms with van der Waals surface area (Å²) in [5, 5.41) is 3.01. The van der Waals surface area contributed by atoms with Gasteiger partial charge in [-0.25, -0.2) is 0 Å². The van der Waals surface area contributed by atoms with Gasteiger partial charge in [-0.3, -0.25) is 4.79 Å². The number of carbonyl (C=O) groups is 1. The summed E-state index contributed by atoms with van der Waals surface area (Å²) in [6, 6.07) is 5.70. The van der Waals surface area contributed by atoms with Gasteiger partial charge in [-0.2, -0.15) is 0 Å². The molecule has 1 amide bonds. The summed E-state index contributed by atoms with van der Waals surface area (Å²) in [7, 11) is 0. The van der Waals surface area contributed by atoms with E-state index in [1.165, 1.54) is 18.4 Å². The molecule has 0 spiro atoms. The number of nitrogens with two attached hydrogens (primary N) is 1. The van der Waals surface area contributed by atoms with Crippen molar-refractivity contribution >= 4 is 18.3 Å². The quantitative estimate of drug-likeness (QED) is 0.880. The van der Waals surface area contributed by atoms with Crippen LogP contribution in [0.15, 0.2) is 18.2 Å². The first-order valence-corrected chi connectivity index (χ1v) is 8.04. The van der Waals surface area contributed by atoms with Gasteiger partial charge in [-0.05, 0) is 37.5 Å². The summed E-state index contributed by atoms with van der Waals surface area (Å²) in [5.41, 5.74) is 6.85. The maximum Gasteiger partial charge on any atom is 0.236 e. The lowest BCUT2D eigenvalue weighted by Gasteiger charge is -2.31. The van der Waals surface area contributed by atoms with E-state index in [0.29, 0.717) is 19.8 Å². The fourth-order valence-electron chi connectivity index (χ4n) is 3.41. The highest BCUT2D eigenvalue weighted by Crippen LogP contribution is 2.43. The van der Waals surface area contributed by atoms with Crippen LogP contribution in [-0.4, -0.2) is 31.7 Å². The van der Waals surface area contributed by atoms with Crippen LogP contribution in [0.2, 0.25) is 0 Å². The molecule has 0 unspecified atom stereocenters. The molecular formula is C17H25ClN2O3. The van der Waals surface area contributed by atoms with Crippen LogP contribution in [0.25, 0.3) is 0 Å². The van der Waals surface area contributed by atoms with Gasteiger partial charge >= 0.3 is 0 Å². The second kappa shape index (κ2) is 7.41. The summed E-state index contributed by atoms with van der Waals surface area (Å²) >= 11 is 0. The van der Waals surface area contributed by atoms with Crippen LogP contribution in [0.4, 0.5) is 0 Å². The molecule has 23 heavy (non-hydrogen) atoms. The molecule has 1 aliphatic heterocycles. The highest BCUT2D eigenvalue weighted by Gasteiger charge is 2.37. The Labute approximate surface area is 143 Å². The molecule has 6 heteroatoms. The maximum atomic E-state index is 11.8. The van der Waals surface area contributed by atoms with Gasteiger partial charge < -0.3 is 20.5 Å². The minimum absolute atomic E-state index is 0. The van der Waals surface area contributed by atoms with Crippen LogP contribution in [0.3, 0.4) is 0 Å². The Balaban J connectivity index is 0.00000192. The molecule has 3 N–H and O–H groups in total. The topological polar surface area (TPSA) is 73.6 Å². The van der Waals surface area contributed by atoms with Gasteiger partial charge in [-0.15, -0.1) is 12.4 Å². The van der Waals surface area contributed by atoms with Crippen molar-refractivity contribution in [2.75, 3.05) is 19.8 Å². The minimum Gasteiger partial charge on any atom is -0.486 e. The zero-order valence-corrected chi connectivity index (χ0v) is 14.3. The van der Waals surface area contributed by atoms with E-state index in [0.717, 1.165) is 24.3 Å². The Morgan fingerprint density at radius 2 is 1.91 bits per heavy atom. The third kappa shape index (κ3) is 3.72. The van der Waals surface area contributed by atoms with Crippen molar-refractivity contribution in [1.82, 2.24) is 5.32 Å². The molecular weight excluding hydrogens is 316 g/mol. The lowest BCUT2D eigenvalue weighted by atomic mass is 9.78. The second-order valence-electron chi connectivity index (χ2n) is 6.35. The first-order valence-electron chi connectivity index (χ1n) is 8.04. The van der Waals surface area contributed by atoms with Crippen LogP contribution >= 0.6 is 12.4 Å². The van der Waals surface area contributed by atoms with E-state index in [2.05, 4.69) is 17.4 Å². The molecule has 1 fully saturated rings. The van der Waals surface area contributed by atoms with Crippen molar-refractivity contribution in [2.45, 2.75) is 44.1 Å². The molecule has 1 atom stereocenters. The predicted octanol–water partition coefficient (Wildman–Crippen LogP) is 2.15. The summed E-state index contributed by atoms with van der Waals surface area (Å²) in [4.78, 5) is 11.8.